The average molecular weight is 450 g/mol. The number of hydrogen-bond acceptors (Lipinski definition) is 7. The van der Waals surface area contributed by atoms with Crippen LogP contribution in [0, 0.1) is 0 Å². The van der Waals surface area contributed by atoms with Crippen LogP contribution in [0.5, 0.6) is 11.5 Å². The molecule has 160 valence electrons. The third-order valence-electron chi connectivity index (χ3n) is 5.00. The highest BCUT2D eigenvalue weighted by Crippen LogP contribution is 2.27. The molecular weight excluding hydrogens is 426 g/mol. The Morgan fingerprint density at radius 3 is 2.60 bits per heavy atom. The number of rotatable bonds is 5. The fourth-order valence-electron chi connectivity index (χ4n) is 3.43. The Morgan fingerprint density at radius 1 is 1.10 bits per heavy atom. The van der Waals surface area contributed by atoms with Gasteiger partial charge < -0.3 is 29.0 Å². The van der Waals surface area contributed by atoms with Gasteiger partial charge in [0.05, 0.1) is 25.9 Å². The summed E-state index contributed by atoms with van der Waals surface area (Å²) in [6, 6.07) is 7.76. The highest BCUT2D eigenvalue weighted by molar-refractivity contribution is 7.80. The molecule has 30 heavy (non-hydrogen) atoms. The summed E-state index contributed by atoms with van der Waals surface area (Å²) in [5, 5.41) is 5.03. The van der Waals surface area contributed by atoms with E-state index in [4.69, 9.17) is 26.1 Å². The van der Waals surface area contributed by atoms with Gasteiger partial charge in [-0.1, -0.05) is 6.07 Å². The van der Waals surface area contributed by atoms with Crippen molar-refractivity contribution in [1.29, 1.82) is 0 Å². The monoisotopic (exact) mass is 449 g/mol. The number of ether oxygens (including phenoxy) is 2. The molecule has 1 aromatic carbocycles. The Bertz CT molecular complexity index is 1010. The van der Waals surface area contributed by atoms with Gasteiger partial charge in [-0.15, -0.1) is 12.4 Å². The van der Waals surface area contributed by atoms with E-state index in [1.165, 1.54) is 0 Å². The van der Waals surface area contributed by atoms with Gasteiger partial charge in [-0.05, 0) is 36.0 Å². The SMILES string of the molecule is COc1ccc(CNC(=S)N2CCN(c3ncnc4occc34)CC2)cc1OC.Cl. The summed E-state index contributed by atoms with van der Waals surface area (Å²) >= 11 is 5.60. The number of thiocarbonyl (C=S) groups is 1. The van der Waals surface area contributed by atoms with Crippen LogP contribution in [0.4, 0.5) is 5.82 Å². The zero-order valence-electron chi connectivity index (χ0n) is 16.8. The topological polar surface area (TPSA) is 75.9 Å². The van der Waals surface area contributed by atoms with Gasteiger partial charge >= 0.3 is 0 Å². The summed E-state index contributed by atoms with van der Waals surface area (Å²) < 4.78 is 16.0. The minimum absolute atomic E-state index is 0. The number of anilines is 1. The largest absolute Gasteiger partial charge is 0.493 e. The number of benzene rings is 1. The smallest absolute Gasteiger partial charge is 0.231 e. The molecule has 0 unspecified atom stereocenters. The van der Waals surface area contributed by atoms with E-state index < -0.39 is 0 Å². The van der Waals surface area contributed by atoms with Crippen molar-refractivity contribution in [2.75, 3.05) is 45.3 Å². The first-order chi connectivity index (χ1) is 14.2. The Hall–Kier alpha value is -2.78. The quantitative estimate of drug-likeness (QED) is 0.591. The van der Waals surface area contributed by atoms with Crippen molar-refractivity contribution in [2.24, 2.45) is 0 Å². The van der Waals surface area contributed by atoms with Crippen molar-refractivity contribution in [1.82, 2.24) is 20.2 Å². The van der Waals surface area contributed by atoms with E-state index in [0.717, 1.165) is 48.1 Å². The Kier molecular flexibility index (Phi) is 7.17. The number of furan rings is 1. The zero-order chi connectivity index (χ0) is 20.2. The van der Waals surface area contributed by atoms with Crippen LogP contribution in [0.1, 0.15) is 5.56 Å². The van der Waals surface area contributed by atoms with Gasteiger partial charge in [-0.2, -0.15) is 0 Å². The molecule has 0 bridgehead atoms. The third-order valence-corrected chi connectivity index (χ3v) is 5.40. The number of halogens is 1. The lowest BCUT2D eigenvalue weighted by atomic mass is 10.2. The molecule has 0 spiro atoms. The molecule has 4 rings (SSSR count). The van der Waals surface area contributed by atoms with Gasteiger partial charge in [0.1, 0.15) is 12.1 Å². The lowest BCUT2D eigenvalue weighted by Crippen LogP contribution is -2.51. The van der Waals surface area contributed by atoms with E-state index in [2.05, 4.69) is 25.1 Å². The van der Waals surface area contributed by atoms with E-state index in [0.29, 0.717) is 23.8 Å². The second kappa shape index (κ2) is 9.82. The fourth-order valence-corrected chi connectivity index (χ4v) is 3.69. The van der Waals surface area contributed by atoms with Crippen LogP contribution in [0.3, 0.4) is 0 Å². The number of fused-ring (bicyclic) bond motifs is 1. The summed E-state index contributed by atoms with van der Waals surface area (Å²) in [5.74, 6) is 2.33. The first kappa shape index (κ1) is 21.9. The maximum atomic E-state index is 5.60. The third kappa shape index (κ3) is 4.52. The number of methoxy groups -OCH3 is 2. The molecule has 1 aliphatic heterocycles. The minimum Gasteiger partial charge on any atom is -0.493 e. The van der Waals surface area contributed by atoms with Gasteiger partial charge in [0, 0.05) is 32.7 Å². The Balaban J connectivity index is 0.00000256. The first-order valence-electron chi connectivity index (χ1n) is 9.36. The minimum atomic E-state index is 0. The van der Waals surface area contributed by atoms with Gasteiger partial charge in [0.25, 0.3) is 0 Å². The van der Waals surface area contributed by atoms with Crippen molar-refractivity contribution in [2.45, 2.75) is 6.54 Å². The van der Waals surface area contributed by atoms with Crippen LogP contribution in [-0.2, 0) is 6.54 Å². The molecule has 1 fully saturated rings. The molecular formula is C20H24ClN5O3S. The van der Waals surface area contributed by atoms with Crippen molar-refractivity contribution in [3.05, 3.63) is 42.4 Å². The molecule has 1 saturated heterocycles. The van der Waals surface area contributed by atoms with Gasteiger partial charge in [-0.25, -0.2) is 9.97 Å². The molecule has 0 aliphatic carbocycles. The lowest BCUT2D eigenvalue weighted by molar-refractivity contribution is 0.354. The summed E-state index contributed by atoms with van der Waals surface area (Å²) in [6.45, 7) is 3.92. The van der Waals surface area contributed by atoms with E-state index in [-0.39, 0.29) is 12.4 Å². The zero-order valence-corrected chi connectivity index (χ0v) is 18.5. The molecule has 8 nitrogen and oxygen atoms in total. The average Bonchev–Trinajstić information content (AvgIpc) is 3.26. The lowest BCUT2D eigenvalue weighted by Gasteiger charge is -2.36. The molecule has 2 aromatic heterocycles. The maximum Gasteiger partial charge on any atom is 0.231 e. The summed E-state index contributed by atoms with van der Waals surface area (Å²) in [7, 11) is 3.26. The van der Waals surface area contributed by atoms with Crippen molar-refractivity contribution in [3.8, 4) is 11.5 Å². The first-order valence-corrected chi connectivity index (χ1v) is 9.77. The second-order valence-electron chi connectivity index (χ2n) is 6.66. The van der Waals surface area contributed by atoms with Crippen molar-refractivity contribution < 1.29 is 13.9 Å². The van der Waals surface area contributed by atoms with E-state index in [1.807, 2.05) is 24.3 Å². The fraction of sp³-hybridized carbons (Fsp3) is 0.350. The molecule has 0 saturated carbocycles. The van der Waals surface area contributed by atoms with E-state index >= 15 is 0 Å². The summed E-state index contributed by atoms with van der Waals surface area (Å²) in [5.41, 5.74) is 1.69. The number of piperazine rings is 1. The molecule has 0 atom stereocenters. The van der Waals surface area contributed by atoms with Crippen molar-refractivity contribution >= 4 is 46.7 Å². The van der Waals surface area contributed by atoms with E-state index in [9.17, 15) is 0 Å². The predicted octanol–water partition coefficient (Wildman–Crippen LogP) is 2.86. The molecule has 3 heterocycles. The van der Waals surface area contributed by atoms with Crippen LogP contribution >= 0.6 is 24.6 Å². The second-order valence-corrected chi connectivity index (χ2v) is 7.05. The highest BCUT2D eigenvalue weighted by atomic mass is 35.5. The van der Waals surface area contributed by atoms with Crippen LogP contribution in [0.15, 0.2) is 41.3 Å². The van der Waals surface area contributed by atoms with Crippen molar-refractivity contribution in [3.63, 3.8) is 0 Å². The molecule has 3 aromatic rings. The van der Waals surface area contributed by atoms with Gasteiger partial charge in [-0.3, -0.25) is 0 Å². The molecule has 1 N–H and O–H groups in total. The van der Waals surface area contributed by atoms with Crippen LogP contribution in [0.25, 0.3) is 11.1 Å². The number of nitrogens with one attached hydrogen (secondary N) is 1. The van der Waals surface area contributed by atoms with Crippen LogP contribution in [-0.4, -0.2) is 60.4 Å². The predicted molar refractivity (Wildman–Crippen MR) is 122 cm³/mol. The van der Waals surface area contributed by atoms with Crippen LogP contribution < -0.4 is 19.7 Å². The summed E-state index contributed by atoms with van der Waals surface area (Å²) in [6.07, 6.45) is 3.19. The molecule has 1 aliphatic rings. The summed E-state index contributed by atoms with van der Waals surface area (Å²) in [4.78, 5) is 13.0. The standard InChI is InChI=1S/C20H23N5O3S.ClH/c1-26-16-4-3-14(11-17(16)27-2)12-21-20(29)25-8-6-24(7-9-25)18-15-5-10-28-19(15)23-13-22-18;/h3-5,10-11,13H,6-9,12H2,1-2H3,(H,21,29);1H. The van der Waals surface area contributed by atoms with Gasteiger partial charge in [0.2, 0.25) is 5.71 Å². The maximum absolute atomic E-state index is 5.60. The number of nitrogens with zero attached hydrogens (tertiary/aromatic N) is 4. The molecule has 0 amide bonds. The number of hydrogen-bond donors (Lipinski definition) is 1. The Labute approximate surface area is 186 Å². The highest BCUT2D eigenvalue weighted by Gasteiger charge is 2.22. The van der Waals surface area contributed by atoms with E-state index in [1.54, 1.807) is 26.8 Å². The Morgan fingerprint density at radius 2 is 1.87 bits per heavy atom. The molecule has 10 heteroatoms. The molecule has 0 radical (unpaired) electrons. The normalized spacial score (nSPS) is 13.7. The van der Waals surface area contributed by atoms with Gasteiger partial charge in [0.15, 0.2) is 16.6 Å². The van der Waals surface area contributed by atoms with Crippen LogP contribution in [0.2, 0.25) is 0 Å². The number of aromatic nitrogens is 2.